The van der Waals surface area contributed by atoms with Gasteiger partial charge in [-0.3, -0.25) is 43.4 Å². The van der Waals surface area contributed by atoms with Crippen molar-refractivity contribution in [3.05, 3.63) is 24.3 Å². The summed E-state index contributed by atoms with van der Waals surface area (Å²) in [5, 5.41) is 8.29. The lowest BCUT2D eigenvalue weighted by Crippen LogP contribution is -2.49. The molecule has 0 radical (unpaired) electrons. The lowest BCUT2D eigenvalue weighted by Gasteiger charge is -2.25. The van der Waals surface area contributed by atoms with Gasteiger partial charge < -0.3 is 16.0 Å². The zero-order chi connectivity index (χ0) is 27.4. The van der Waals surface area contributed by atoms with Crippen LogP contribution in [0.4, 0.5) is 0 Å². The molecule has 12 nitrogen and oxygen atoms in total. The molecule has 37 heavy (non-hydrogen) atoms. The molecular weight excluding hydrogens is 482 g/mol. The van der Waals surface area contributed by atoms with Crippen LogP contribution in [0, 0.1) is 0 Å². The topological polar surface area (TPSA) is 162 Å². The maximum absolute atomic E-state index is 13.1. The number of unbranched alkanes of at least 4 members (excludes halogenated alkanes) is 1. The number of carbonyl (C=O) groups excluding carboxylic acids is 7. The van der Waals surface area contributed by atoms with Crippen LogP contribution in [0.1, 0.15) is 58.8 Å². The lowest BCUT2D eigenvalue weighted by atomic mass is 10.0. The molecule has 202 valence electrons. The van der Waals surface area contributed by atoms with E-state index in [0.29, 0.717) is 51.5 Å². The van der Waals surface area contributed by atoms with Crippen LogP contribution in [-0.4, -0.2) is 82.9 Å². The van der Waals surface area contributed by atoms with Gasteiger partial charge in [-0.25, -0.2) is 0 Å². The van der Waals surface area contributed by atoms with Crippen molar-refractivity contribution in [2.75, 3.05) is 19.6 Å². The largest absolute Gasteiger partial charge is 0.356 e. The Balaban J connectivity index is 1.94. The molecule has 3 N–H and O–H groups in total. The SMILES string of the molecule is CC(=O)NCCCCC(NC(C)=O)C(=O)NC(CCCN1C(=O)C=CC1=O)CCCN1C(=O)C=CC1=O. The van der Waals surface area contributed by atoms with Gasteiger partial charge in [-0.05, 0) is 44.9 Å². The highest BCUT2D eigenvalue weighted by molar-refractivity contribution is 6.13. The minimum absolute atomic E-state index is 0.139. The predicted octanol–water partition coefficient (Wildman–Crippen LogP) is -0.307. The van der Waals surface area contributed by atoms with Gasteiger partial charge >= 0.3 is 0 Å². The third-order valence-corrected chi connectivity index (χ3v) is 6.00. The predicted molar refractivity (Wildman–Crippen MR) is 132 cm³/mol. The van der Waals surface area contributed by atoms with Gasteiger partial charge in [0.2, 0.25) is 17.7 Å². The molecule has 0 saturated heterocycles. The van der Waals surface area contributed by atoms with Crippen LogP contribution in [0.3, 0.4) is 0 Å². The van der Waals surface area contributed by atoms with E-state index in [1.165, 1.54) is 38.2 Å². The van der Waals surface area contributed by atoms with Crippen LogP contribution < -0.4 is 16.0 Å². The summed E-state index contributed by atoms with van der Waals surface area (Å²) >= 11 is 0. The molecular formula is C25H35N5O7. The van der Waals surface area contributed by atoms with Crippen LogP contribution in [0.25, 0.3) is 0 Å². The van der Waals surface area contributed by atoms with Gasteiger partial charge in [0.15, 0.2) is 0 Å². The van der Waals surface area contributed by atoms with Gasteiger partial charge in [0.1, 0.15) is 6.04 Å². The average Bonchev–Trinajstić information content (AvgIpc) is 3.32. The fraction of sp³-hybridized carbons (Fsp3) is 0.560. The van der Waals surface area contributed by atoms with Crippen molar-refractivity contribution in [1.29, 1.82) is 0 Å². The van der Waals surface area contributed by atoms with Gasteiger partial charge in [0.05, 0.1) is 0 Å². The normalized spacial score (nSPS) is 15.6. The zero-order valence-electron chi connectivity index (χ0n) is 21.3. The zero-order valence-corrected chi connectivity index (χ0v) is 21.3. The quantitative estimate of drug-likeness (QED) is 0.187. The summed E-state index contributed by atoms with van der Waals surface area (Å²) in [5.41, 5.74) is 0. The molecule has 2 aliphatic heterocycles. The fourth-order valence-corrected chi connectivity index (χ4v) is 4.14. The Bertz CT molecular complexity index is 890. The molecule has 0 aromatic heterocycles. The molecule has 0 saturated carbocycles. The van der Waals surface area contributed by atoms with Crippen LogP contribution in [-0.2, 0) is 33.6 Å². The van der Waals surface area contributed by atoms with E-state index in [-0.39, 0.29) is 60.5 Å². The summed E-state index contributed by atoms with van der Waals surface area (Å²) in [6, 6.07) is -1.14. The molecule has 2 rings (SSSR count). The Morgan fingerprint density at radius 3 is 1.59 bits per heavy atom. The summed E-state index contributed by atoms with van der Waals surface area (Å²) < 4.78 is 0. The maximum Gasteiger partial charge on any atom is 0.253 e. The van der Waals surface area contributed by atoms with Gasteiger partial charge in [-0.2, -0.15) is 0 Å². The minimum Gasteiger partial charge on any atom is -0.356 e. The van der Waals surface area contributed by atoms with Crippen molar-refractivity contribution in [3.8, 4) is 0 Å². The van der Waals surface area contributed by atoms with Crippen molar-refractivity contribution in [2.24, 2.45) is 0 Å². The number of nitrogens with one attached hydrogen (secondary N) is 3. The number of imide groups is 2. The first-order valence-electron chi connectivity index (χ1n) is 12.5. The van der Waals surface area contributed by atoms with Crippen molar-refractivity contribution < 1.29 is 33.6 Å². The molecule has 0 bridgehead atoms. The summed E-state index contributed by atoms with van der Waals surface area (Å²) in [6.45, 7) is 3.61. The smallest absolute Gasteiger partial charge is 0.253 e. The van der Waals surface area contributed by atoms with Crippen molar-refractivity contribution >= 4 is 41.4 Å². The number of amides is 7. The van der Waals surface area contributed by atoms with E-state index in [4.69, 9.17) is 0 Å². The maximum atomic E-state index is 13.1. The number of nitrogens with zero attached hydrogens (tertiary/aromatic N) is 2. The molecule has 0 spiro atoms. The van der Waals surface area contributed by atoms with E-state index in [2.05, 4.69) is 16.0 Å². The molecule has 0 aliphatic carbocycles. The van der Waals surface area contributed by atoms with Crippen molar-refractivity contribution in [3.63, 3.8) is 0 Å². The lowest BCUT2D eigenvalue weighted by molar-refractivity contribution is -0.138. The van der Waals surface area contributed by atoms with Gasteiger partial charge in [-0.1, -0.05) is 0 Å². The van der Waals surface area contributed by atoms with Crippen LogP contribution >= 0.6 is 0 Å². The molecule has 2 aliphatic rings. The Kier molecular flexibility index (Phi) is 11.7. The monoisotopic (exact) mass is 517 g/mol. The highest BCUT2D eigenvalue weighted by Gasteiger charge is 2.26. The summed E-state index contributed by atoms with van der Waals surface area (Å²) in [6.07, 6.45) is 8.23. The van der Waals surface area contributed by atoms with Crippen LogP contribution in [0.15, 0.2) is 24.3 Å². The number of rotatable bonds is 16. The van der Waals surface area contributed by atoms with Crippen molar-refractivity contribution in [2.45, 2.75) is 70.9 Å². The van der Waals surface area contributed by atoms with Crippen LogP contribution in [0.2, 0.25) is 0 Å². The van der Waals surface area contributed by atoms with Crippen molar-refractivity contribution in [1.82, 2.24) is 25.8 Å². The Labute approximate surface area is 215 Å². The summed E-state index contributed by atoms with van der Waals surface area (Å²) in [4.78, 5) is 85.2. The Morgan fingerprint density at radius 2 is 1.16 bits per heavy atom. The van der Waals surface area contributed by atoms with E-state index >= 15 is 0 Å². The second-order valence-electron chi connectivity index (χ2n) is 9.04. The molecule has 0 fully saturated rings. The molecule has 0 aromatic carbocycles. The highest BCUT2D eigenvalue weighted by atomic mass is 16.2. The van der Waals surface area contributed by atoms with Crippen LogP contribution in [0.5, 0.6) is 0 Å². The van der Waals surface area contributed by atoms with Gasteiger partial charge in [0, 0.05) is 63.8 Å². The standard InChI is InChI=1S/C25H35N5O7/c1-17(31)26-14-4-3-9-20(27-18(2)32)25(37)28-19(7-5-15-29-21(33)10-11-22(29)34)8-6-16-30-23(35)12-13-24(30)36/h10-13,19-20H,3-9,14-16H2,1-2H3,(H,26,31)(H,27,32)(H,28,37). The number of hydrogen-bond donors (Lipinski definition) is 3. The minimum atomic E-state index is -0.769. The second-order valence-corrected chi connectivity index (χ2v) is 9.04. The number of hydrogen-bond acceptors (Lipinski definition) is 7. The first-order chi connectivity index (χ1) is 17.6. The third kappa shape index (κ3) is 9.98. The third-order valence-electron chi connectivity index (χ3n) is 6.00. The Morgan fingerprint density at radius 1 is 0.676 bits per heavy atom. The molecule has 12 heteroatoms. The van der Waals surface area contributed by atoms with E-state index in [1.54, 1.807) is 0 Å². The second kappa shape index (κ2) is 14.7. The fourth-order valence-electron chi connectivity index (χ4n) is 4.14. The highest BCUT2D eigenvalue weighted by Crippen LogP contribution is 2.13. The Hall–Kier alpha value is -3.83. The van der Waals surface area contributed by atoms with Gasteiger partial charge in [-0.15, -0.1) is 0 Å². The van der Waals surface area contributed by atoms with E-state index in [0.717, 1.165) is 9.80 Å². The average molecular weight is 518 g/mol. The first-order valence-corrected chi connectivity index (χ1v) is 12.5. The molecule has 1 atom stereocenters. The molecule has 0 aromatic rings. The van der Waals surface area contributed by atoms with Gasteiger partial charge in [0.25, 0.3) is 23.6 Å². The van der Waals surface area contributed by atoms with E-state index < -0.39 is 6.04 Å². The molecule has 7 amide bonds. The number of carbonyl (C=O) groups is 7. The first kappa shape index (κ1) is 29.4. The van der Waals surface area contributed by atoms with E-state index in [9.17, 15) is 33.6 Å². The summed E-state index contributed by atoms with van der Waals surface area (Å²) in [5.74, 6) is -2.38. The molecule has 1 unspecified atom stereocenters. The molecule has 2 heterocycles. The summed E-state index contributed by atoms with van der Waals surface area (Å²) in [7, 11) is 0. The van der Waals surface area contributed by atoms with E-state index in [1.807, 2.05) is 0 Å².